The van der Waals surface area contributed by atoms with E-state index in [1.54, 1.807) is 25.3 Å². The summed E-state index contributed by atoms with van der Waals surface area (Å²) < 4.78 is 11.3. The highest BCUT2D eigenvalue weighted by molar-refractivity contribution is 6.36. The Kier molecular flexibility index (Phi) is 6.86. The highest BCUT2D eigenvalue weighted by atomic mass is 35.5. The number of nitrogens with one attached hydrogen (secondary N) is 1. The number of methoxy groups -OCH3 is 1. The lowest BCUT2D eigenvalue weighted by Crippen LogP contribution is -2.35. The topological polar surface area (TPSA) is 30.5 Å². The summed E-state index contributed by atoms with van der Waals surface area (Å²) in [5.74, 6) is 1.04. The standard InChI is InChI=1S/C19H22Cl3NO2/c1-19(2,3)23-10-12-8-16(22)18(17(9-12)24-4)25-11-13-14(20)6-5-7-15(13)21/h5-9,23H,10-11H2,1-4H3. The molecule has 2 aromatic rings. The zero-order chi connectivity index (χ0) is 18.6. The molecule has 0 aliphatic heterocycles. The van der Waals surface area contributed by atoms with Crippen LogP contribution in [0.3, 0.4) is 0 Å². The number of benzene rings is 2. The summed E-state index contributed by atoms with van der Waals surface area (Å²) in [6.45, 7) is 7.20. The first kappa shape index (κ1) is 20.2. The van der Waals surface area contributed by atoms with Crippen molar-refractivity contribution in [1.29, 1.82) is 0 Å². The molecular formula is C19H22Cl3NO2. The maximum Gasteiger partial charge on any atom is 0.180 e. The molecule has 3 nitrogen and oxygen atoms in total. The van der Waals surface area contributed by atoms with Gasteiger partial charge >= 0.3 is 0 Å². The maximum absolute atomic E-state index is 6.41. The lowest BCUT2D eigenvalue weighted by molar-refractivity contribution is 0.284. The molecule has 25 heavy (non-hydrogen) atoms. The quantitative estimate of drug-likeness (QED) is 0.631. The molecule has 0 amide bonds. The summed E-state index contributed by atoms with van der Waals surface area (Å²) in [5.41, 5.74) is 1.73. The fourth-order valence-corrected chi connectivity index (χ4v) is 2.99. The van der Waals surface area contributed by atoms with Crippen LogP contribution in [0.25, 0.3) is 0 Å². The summed E-state index contributed by atoms with van der Waals surface area (Å²) in [5, 5.41) is 5.00. The molecule has 0 aromatic heterocycles. The predicted molar refractivity (Wildman–Crippen MR) is 105 cm³/mol. The minimum Gasteiger partial charge on any atom is -0.493 e. The van der Waals surface area contributed by atoms with Crippen LogP contribution in [-0.4, -0.2) is 12.6 Å². The third-order valence-electron chi connectivity index (χ3n) is 3.53. The number of ether oxygens (including phenoxy) is 2. The third-order valence-corrected chi connectivity index (χ3v) is 4.52. The van der Waals surface area contributed by atoms with Gasteiger partial charge in [-0.1, -0.05) is 40.9 Å². The molecule has 0 bridgehead atoms. The van der Waals surface area contributed by atoms with Gasteiger partial charge in [0.1, 0.15) is 6.61 Å². The van der Waals surface area contributed by atoms with Gasteiger partial charge in [-0.25, -0.2) is 0 Å². The molecule has 2 aromatic carbocycles. The van der Waals surface area contributed by atoms with E-state index >= 15 is 0 Å². The molecule has 0 aliphatic rings. The summed E-state index contributed by atoms with van der Waals surface area (Å²) in [4.78, 5) is 0. The molecule has 0 fully saturated rings. The number of halogens is 3. The molecule has 0 heterocycles. The van der Waals surface area contributed by atoms with E-state index in [1.165, 1.54) is 0 Å². The van der Waals surface area contributed by atoms with Gasteiger partial charge < -0.3 is 14.8 Å². The largest absolute Gasteiger partial charge is 0.493 e. The molecule has 0 aliphatic carbocycles. The Morgan fingerprint density at radius 2 is 1.64 bits per heavy atom. The highest BCUT2D eigenvalue weighted by Gasteiger charge is 2.15. The molecule has 136 valence electrons. The Hall–Kier alpha value is -1.13. The van der Waals surface area contributed by atoms with Gasteiger partial charge in [0.2, 0.25) is 0 Å². The smallest absolute Gasteiger partial charge is 0.180 e. The number of hydrogen-bond acceptors (Lipinski definition) is 3. The number of rotatable bonds is 6. The van der Waals surface area contributed by atoms with E-state index in [0.717, 1.165) is 5.56 Å². The normalized spacial score (nSPS) is 11.5. The van der Waals surface area contributed by atoms with Crippen molar-refractivity contribution in [3.05, 3.63) is 56.5 Å². The van der Waals surface area contributed by atoms with Crippen LogP contribution in [0.2, 0.25) is 15.1 Å². The van der Waals surface area contributed by atoms with Gasteiger partial charge in [0.25, 0.3) is 0 Å². The summed E-state index contributed by atoms with van der Waals surface area (Å²) in [7, 11) is 1.59. The van der Waals surface area contributed by atoms with Gasteiger partial charge in [-0.3, -0.25) is 0 Å². The minimum atomic E-state index is 0.00961. The van der Waals surface area contributed by atoms with Crippen molar-refractivity contribution in [2.45, 2.75) is 39.5 Å². The monoisotopic (exact) mass is 401 g/mol. The highest BCUT2D eigenvalue weighted by Crippen LogP contribution is 2.38. The molecule has 0 saturated carbocycles. The van der Waals surface area contributed by atoms with Gasteiger partial charge in [0.05, 0.1) is 12.1 Å². The lowest BCUT2D eigenvalue weighted by Gasteiger charge is -2.21. The fourth-order valence-electron chi connectivity index (χ4n) is 2.20. The van der Waals surface area contributed by atoms with E-state index < -0.39 is 0 Å². The van der Waals surface area contributed by atoms with Crippen LogP contribution in [0.5, 0.6) is 11.5 Å². The average molecular weight is 403 g/mol. The Morgan fingerprint density at radius 1 is 1.00 bits per heavy atom. The SMILES string of the molecule is COc1cc(CNC(C)(C)C)cc(Cl)c1OCc1c(Cl)cccc1Cl. The van der Waals surface area contributed by atoms with Crippen LogP contribution in [0.15, 0.2) is 30.3 Å². The van der Waals surface area contributed by atoms with Crippen LogP contribution in [0.4, 0.5) is 0 Å². The molecule has 1 N–H and O–H groups in total. The van der Waals surface area contributed by atoms with Crippen LogP contribution >= 0.6 is 34.8 Å². The van der Waals surface area contributed by atoms with Crippen molar-refractivity contribution < 1.29 is 9.47 Å². The fraction of sp³-hybridized carbons (Fsp3) is 0.368. The summed E-state index contributed by atoms with van der Waals surface area (Å²) in [6, 6.07) is 9.11. The number of hydrogen-bond donors (Lipinski definition) is 1. The van der Waals surface area contributed by atoms with Crippen molar-refractivity contribution in [3.63, 3.8) is 0 Å². The molecule has 2 rings (SSSR count). The van der Waals surface area contributed by atoms with E-state index in [2.05, 4.69) is 26.1 Å². The molecule has 6 heteroatoms. The molecule has 0 unspecified atom stereocenters. The Labute approximate surface area is 164 Å². The zero-order valence-corrected chi connectivity index (χ0v) is 17.0. The molecule has 0 radical (unpaired) electrons. The van der Waals surface area contributed by atoms with E-state index in [0.29, 0.717) is 38.7 Å². The first-order chi connectivity index (χ1) is 11.7. The van der Waals surface area contributed by atoms with E-state index in [1.807, 2.05) is 12.1 Å². The lowest BCUT2D eigenvalue weighted by atomic mass is 10.1. The molecule has 0 saturated heterocycles. The van der Waals surface area contributed by atoms with Gasteiger partial charge in [0, 0.05) is 27.7 Å². The van der Waals surface area contributed by atoms with Crippen molar-refractivity contribution >= 4 is 34.8 Å². The first-order valence-corrected chi connectivity index (χ1v) is 9.02. The first-order valence-electron chi connectivity index (χ1n) is 7.88. The molecule has 0 spiro atoms. The summed E-state index contributed by atoms with van der Waals surface area (Å²) in [6.07, 6.45) is 0. The van der Waals surface area contributed by atoms with Gasteiger partial charge in [0.15, 0.2) is 11.5 Å². The minimum absolute atomic E-state index is 0.00961. The summed E-state index contributed by atoms with van der Waals surface area (Å²) >= 11 is 18.8. The van der Waals surface area contributed by atoms with E-state index in [4.69, 9.17) is 44.3 Å². The van der Waals surface area contributed by atoms with Crippen molar-refractivity contribution in [3.8, 4) is 11.5 Å². The maximum atomic E-state index is 6.41. The predicted octanol–water partition coefficient (Wildman–Crippen LogP) is 6.12. The third kappa shape index (κ3) is 5.68. The average Bonchev–Trinajstić information content (AvgIpc) is 2.52. The Bertz CT molecular complexity index is 722. The second-order valence-corrected chi connectivity index (χ2v) is 7.92. The second kappa shape index (κ2) is 8.50. The van der Waals surface area contributed by atoms with E-state index in [9.17, 15) is 0 Å². The van der Waals surface area contributed by atoms with Crippen LogP contribution in [0, 0.1) is 0 Å². The van der Waals surface area contributed by atoms with Crippen molar-refractivity contribution in [1.82, 2.24) is 5.32 Å². The Balaban J connectivity index is 2.20. The van der Waals surface area contributed by atoms with Gasteiger partial charge in [-0.2, -0.15) is 0 Å². The zero-order valence-electron chi connectivity index (χ0n) is 14.8. The molecule has 0 atom stereocenters. The van der Waals surface area contributed by atoms with Gasteiger partial charge in [-0.05, 0) is 50.6 Å². The van der Waals surface area contributed by atoms with Crippen LogP contribution in [-0.2, 0) is 13.2 Å². The second-order valence-electron chi connectivity index (χ2n) is 6.70. The van der Waals surface area contributed by atoms with Crippen molar-refractivity contribution in [2.24, 2.45) is 0 Å². The molecular weight excluding hydrogens is 381 g/mol. The van der Waals surface area contributed by atoms with Gasteiger partial charge in [-0.15, -0.1) is 0 Å². The van der Waals surface area contributed by atoms with Crippen molar-refractivity contribution in [2.75, 3.05) is 7.11 Å². The van der Waals surface area contributed by atoms with Crippen LogP contribution in [0.1, 0.15) is 31.9 Å². The Morgan fingerprint density at radius 3 is 2.20 bits per heavy atom. The van der Waals surface area contributed by atoms with E-state index in [-0.39, 0.29) is 12.1 Å². The van der Waals surface area contributed by atoms with Crippen LogP contribution < -0.4 is 14.8 Å².